The van der Waals surface area contributed by atoms with Crippen LogP contribution in [0.4, 0.5) is 0 Å². The van der Waals surface area contributed by atoms with Crippen LogP contribution in [0.15, 0.2) is 33.9 Å². The molecule has 0 bridgehead atoms. The summed E-state index contributed by atoms with van der Waals surface area (Å²) in [6.45, 7) is 6.00. The Hall–Kier alpha value is -1.19. The van der Waals surface area contributed by atoms with E-state index >= 15 is 0 Å². The molecule has 7 nitrogen and oxygen atoms in total. The fourth-order valence-electron chi connectivity index (χ4n) is 2.96. The van der Waals surface area contributed by atoms with E-state index in [0.29, 0.717) is 11.1 Å². The fourth-order valence-corrected chi connectivity index (χ4v) is 4.13. The number of aliphatic hydroxyl groups excluding tert-OH is 3. The molecule has 5 atom stereocenters. The van der Waals surface area contributed by atoms with Gasteiger partial charge in [0, 0.05) is 18.0 Å². The maximum atomic E-state index is 11.7. The minimum atomic E-state index is -1.20. The molecule has 0 aliphatic carbocycles. The lowest BCUT2D eigenvalue weighted by molar-refractivity contribution is -0.0577. The Morgan fingerprint density at radius 1 is 1.37 bits per heavy atom. The summed E-state index contributed by atoms with van der Waals surface area (Å²) in [5.74, 6) is 1.33. The maximum Gasteiger partial charge on any atom is 0.273 e. The molecule has 152 valence electrons. The molecule has 0 radical (unpaired) electrons. The maximum absolute atomic E-state index is 11.7. The Labute approximate surface area is 164 Å². The van der Waals surface area contributed by atoms with Crippen molar-refractivity contribution in [1.29, 1.82) is 0 Å². The third-order valence-electron chi connectivity index (χ3n) is 4.65. The molecule has 1 aromatic rings. The number of ether oxygens (including phenoxy) is 1. The van der Waals surface area contributed by atoms with Gasteiger partial charge in [0.2, 0.25) is 0 Å². The van der Waals surface area contributed by atoms with E-state index < -0.39 is 31.1 Å². The van der Waals surface area contributed by atoms with E-state index in [1.165, 1.54) is 29.6 Å². The average Bonchev–Trinajstić information content (AvgIpc) is 2.90. The van der Waals surface area contributed by atoms with E-state index in [2.05, 4.69) is 31.8 Å². The molecule has 8 heteroatoms. The van der Waals surface area contributed by atoms with E-state index in [1.54, 1.807) is 4.57 Å². The smallest absolute Gasteiger partial charge is 0.273 e. The second kappa shape index (κ2) is 10.4. The number of allylic oxidation sites excluding steroid dienone is 2. The summed E-state index contributed by atoms with van der Waals surface area (Å²) in [7, 11) is 0. The highest BCUT2D eigenvalue weighted by Crippen LogP contribution is 2.32. The molecule has 0 amide bonds. The van der Waals surface area contributed by atoms with Gasteiger partial charge in [0.25, 0.3) is 5.56 Å². The normalized spacial score (nSPS) is 26.1. The van der Waals surface area contributed by atoms with Gasteiger partial charge in [-0.3, -0.25) is 9.36 Å². The lowest BCUT2D eigenvalue weighted by Gasteiger charge is -2.21. The predicted octanol–water partition coefficient (Wildman–Crippen LogP) is 1.72. The number of hydrogen-bond acceptors (Lipinski definition) is 7. The van der Waals surface area contributed by atoms with E-state index in [-0.39, 0.29) is 5.56 Å². The zero-order valence-electron chi connectivity index (χ0n) is 16.1. The molecule has 1 aromatic heterocycles. The number of aromatic nitrogens is 2. The lowest BCUT2D eigenvalue weighted by Crippen LogP contribution is -2.33. The van der Waals surface area contributed by atoms with Crippen LogP contribution in [-0.2, 0) is 4.74 Å². The van der Waals surface area contributed by atoms with Crippen molar-refractivity contribution < 1.29 is 20.1 Å². The van der Waals surface area contributed by atoms with E-state index in [4.69, 9.17) is 4.74 Å². The Morgan fingerprint density at radius 3 is 2.74 bits per heavy atom. The van der Waals surface area contributed by atoms with Crippen LogP contribution in [0.2, 0.25) is 0 Å². The van der Waals surface area contributed by atoms with Crippen molar-refractivity contribution in [2.45, 2.75) is 69.7 Å². The summed E-state index contributed by atoms with van der Waals surface area (Å²) in [5.41, 5.74) is 0.963. The molecule has 1 fully saturated rings. The largest absolute Gasteiger partial charge is 0.394 e. The second-order valence-electron chi connectivity index (χ2n) is 7.29. The van der Waals surface area contributed by atoms with Gasteiger partial charge < -0.3 is 20.1 Å². The number of rotatable bonds is 9. The molecule has 0 saturated carbocycles. The van der Waals surface area contributed by atoms with Crippen molar-refractivity contribution in [3.63, 3.8) is 0 Å². The van der Waals surface area contributed by atoms with Crippen LogP contribution in [0.25, 0.3) is 0 Å². The van der Waals surface area contributed by atoms with E-state index in [1.807, 2.05) is 0 Å². The quantitative estimate of drug-likeness (QED) is 0.330. The van der Waals surface area contributed by atoms with Gasteiger partial charge in [0.15, 0.2) is 11.4 Å². The summed E-state index contributed by atoms with van der Waals surface area (Å²) in [5, 5.41) is 29.9. The highest BCUT2D eigenvalue weighted by molar-refractivity contribution is 7.99. The molecule has 0 spiro atoms. The topological polar surface area (TPSA) is 105 Å². The standard InChI is InChI=1S/C19H30N2O5S/c1-12(2)5-4-6-13(3)8-10-27-19-20-15(23)7-9-21(19)18-17(25)16(24)14(11-22)26-18/h5,7,9,13-14,16-18,22,24-25H,4,6,8,10-11H2,1-3H3/t13?,14-,16-,17-,18-/m1/s1. The number of aliphatic hydroxyl groups is 3. The molecule has 2 heterocycles. The first-order chi connectivity index (χ1) is 12.8. The summed E-state index contributed by atoms with van der Waals surface area (Å²) < 4.78 is 7.11. The van der Waals surface area contributed by atoms with Crippen molar-refractivity contribution in [3.8, 4) is 0 Å². The number of hydrogen-bond donors (Lipinski definition) is 3. The first-order valence-corrected chi connectivity index (χ1v) is 10.3. The van der Waals surface area contributed by atoms with Crippen LogP contribution in [0, 0.1) is 5.92 Å². The molecule has 27 heavy (non-hydrogen) atoms. The Kier molecular flexibility index (Phi) is 8.50. The molecular weight excluding hydrogens is 368 g/mol. The monoisotopic (exact) mass is 398 g/mol. The minimum Gasteiger partial charge on any atom is -0.394 e. The first kappa shape index (κ1) is 22.1. The van der Waals surface area contributed by atoms with E-state index in [9.17, 15) is 20.1 Å². The van der Waals surface area contributed by atoms with Crippen LogP contribution in [0.5, 0.6) is 0 Å². The van der Waals surface area contributed by atoms with Crippen molar-refractivity contribution in [2.24, 2.45) is 5.92 Å². The molecule has 2 rings (SSSR count). The number of thioether (sulfide) groups is 1. The third kappa shape index (κ3) is 6.15. The highest BCUT2D eigenvalue weighted by atomic mass is 32.2. The minimum absolute atomic E-state index is 0.364. The number of nitrogens with zero attached hydrogens (tertiary/aromatic N) is 2. The van der Waals surface area contributed by atoms with Gasteiger partial charge in [0.05, 0.1) is 6.61 Å². The third-order valence-corrected chi connectivity index (χ3v) is 5.65. The van der Waals surface area contributed by atoms with Crippen LogP contribution in [-0.4, -0.2) is 55.5 Å². The zero-order valence-corrected chi connectivity index (χ0v) is 16.9. The summed E-state index contributed by atoms with van der Waals surface area (Å²) in [6.07, 6.45) is 2.75. The zero-order chi connectivity index (χ0) is 20.0. The Bertz CT molecular complexity index is 689. The van der Waals surface area contributed by atoms with Gasteiger partial charge in [-0.05, 0) is 39.0 Å². The molecule has 1 unspecified atom stereocenters. The summed E-state index contributed by atoms with van der Waals surface area (Å²) in [4.78, 5) is 15.7. The molecule has 1 aliphatic rings. The van der Waals surface area contributed by atoms with Gasteiger partial charge in [-0.15, -0.1) is 0 Å². The first-order valence-electron chi connectivity index (χ1n) is 9.31. The van der Waals surface area contributed by atoms with Crippen LogP contribution in [0.1, 0.15) is 46.3 Å². The summed E-state index contributed by atoms with van der Waals surface area (Å²) >= 11 is 1.43. The van der Waals surface area contributed by atoms with Gasteiger partial charge in [-0.25, -0.2) is 0 Å². The van der Waals surface area contributed by atoms with Crippen molar-refractivity contribution in [1.82, 2.24) is 9.55 Å². The lowest BCUT2D eigenvalue weighted by atomic mass is 10.0. The van der Waals surface area contributed by atoms with Gasteiger partial charge in [0.1, 0.15) is 18.3 Å². The molecular formula is C19H30N2O5S. The van der Waals surface area contributed by atoms with Crippen molar-refractivity contribution >= 4 is 11.8 Å². The molecule has 3 N–H and O–H groups in total. The Balaban J connectivity index is 2.00. The summed E-state index contributed by atoms with van der Waals surface area (Å²) in [6, 6.07) is 1.29. The molecule has 1 aliphatic heterocycles. The van der Waals surface area contributed by atoms with Crippen LogP contribution < -0.4 is 5.56 Å². The highest BCUT2D eigenvalue weighted by Gasteiger charge is 2.43. The van der Waals surface area contributed by atoms with Crippen LogP contribution in [0.3, 0.4) is 0 Å². The van der Waals surface area contributed by atoms with Crippen molar-refractivity contribution in [3.05, 3.63) is 34.3 Å². The fraction of sp³-hybridized carbons (Fsp3) is 0.684. The second-order valence-corrected chi connectivity index (χ2v) is 8.35. The van der Waals surface area contributed by atoms with Gasteiger partial charge >= 0.3 is 0 Å². The van der Waals surface area contributed by atoms with Gasteiger partial charge in [-0.2, -0.15) is 4.98 Å². The Morgan fingerprint density at radius 2 is 2.11 bits per heavy atom. The average molecular weight is 399 g/mol. The molecule has 0 aromatic carbocycles. The molecule has 1 saturated heterocycles. The van der Waals surface area contributed by atoms with Crippen LogP contribution >= 0.6 is 11.8 Å². The SMILES string of the molecule is CC(C)=CCCC(C)CCSc1nc(=O)ccn1[C@@H]1O[C@H](CO)[C@@H](O)[C@H]1O. The predicted molar refractivity (Wildman–Crippen MR) is 105 cm³/mol. The van der Waals surface area contributed by atoms with E-state index in [0.717, 1.165) is 25.0 Å². The van der Waals surface area contributed by atoms with Crippen molar-refractivity contribution in [2.75, 3.05) is 12.4 Å². The van der Waals surface area contributed by atoms with Gasteiger partial charge in [-0.1, -0.05) is 30.3 Å².